The highest BCUT2D eigenvalue weighted by Crippen LogP contribution is 2.20. The van der Waals surface area contributed by atoms with Crippen LogP contribution in [0.5, 0.6) is 0 Å². The van der Waals surface area contributed by atoms with E-state index in [1.807, 2.05) is 30.3 Å². The SMILES string of the molecule is Clc1ccc(CCNC/C=C/c2ccccc2)c(Cl)c1. The fraction of sp³-hybridized carbons (Fsp3) is 0.176. The van der Waals surface area contributed by atoms with Gasteiger partial charge in [0.1, 0.15) is 0 Å². The van der Waals surface area contributed by atoms with Gasteiger partial charge in [-0.05, 0) is 36.2 Å². The average molecular weight is 306 g/mol. The summed E-state index contributed by atoms with van der Waals surface area (Å²) >= 11 is 12.0. The molecule has 0 amide bonds. The Morgan fingerprint density at radius 2 is 1.80 bits per heavy atom. The maximum absolute atomic E-state index is 6.12. The van der Waals surface area contributed by atoms with E-state index < -0.39 is 0 Å². The van der Waals surface area contributed by atoms with Gasteiger partial charge in [-0.15, -0.1) is 0 Å². The topological polar surface area (TPSA) is 12.0 Å². The third-order valence-corrected chi connectivity index (χ3v) is 3.55. The molecule has 0 aliphatic heterocycles. The van der Waals surface area contributed by atoms with Crippen LogP contribution < -0.4 is 5.32 Å². The highest BCUT2D eigenvalue weighted by atomic mass is 35.5. The van der Waals surface area contributed by atoms with Crippen LogP contribution in [0.2, 0.25) is 10.0 Å². The van der Waals surface area contributed by atoms with E-state index in [2.05, 4.69) is 29.6 Å². The number of benzene rings is 2. The molecule has 1 nitrogen and oxygen atoms in total. The zero-order valence-electron chi connectivity index (χ0n) is 11.2. The zero-order valence-corrected chi connectivity index (χ0v) is 12.7. The lowest BCUT2D eigenvalue weighted by molar-refractivity contribution is 0.746. The van der Waals surface area contributed by atoms with Crippen LogP contribution in [-0.2, 0) is 6.42 Å². The molecule has 2 aromatic rings. The Bertz CT molecular complexity index is 564. The van der Waals surface area contributed by atoms with E-state index in [4.69, 9.17) is 23.2 Å². The summed E-state index contributed by atoms with van der Waals surface area (Å²) in [6, 6.07) is 15.9. The van der Waals surface area contributed by atoms with Crippen molar-refractivity contribution in [3.63, 3.8) is 0 Å². The number of rotatable bonds is 6. The average Bonchev–Trinajstić information content (AvgIpc) is 2.46. The van der Waals surface area contributed by atoms with Crippen molar-refractivity contribution in [1.82, 2.24) is 5.32 Å². The molecule has 0 unspecified atom stereocenters. The Balaban J connectivity index is 1.70. The lowest BCUT2D eigenvalue weighted by Crippen LogP contribution is -2.17. The third kappa shape index (κ3) is 5.01. The van der Waals surface area contributed by atoms with Crippen LogP contribution in [-0.4, -0.2) is 13.1 Å². The highest BCUT2D eigenvalue weighted by Gasteiger charge is 2.00. The molecule has 20 heavy (non-hydrogen) atoms. The van der Waals surface area contributed by atoms with Crippen molar-refractivity contribution in [3.8, 4) is 0 Å². The van der Waals surface area contributed by atoms with Crippen molar-refractivity contribution in [1.29, 1.82) is 0 Å². The molecule has 0 atom stereocenters. The van der Waals surface area contributed by atoms with E-state index in [0.29, 0.717) is 5.02 Å². The third-order valence-electron chi connectivity index (χ3n) is 2.96. The van der Waals surface area contributed by atoms with Gasteiger partial charge in [-0.3, -0.25) is 0 Å². The van der Waals surface area contributed by atoms with Crippen molar-refractivity contribution in [2.75, 3.05) is 13.1 Å². The fourth-order valence-corrected chi connectivity index (χ4v) is 2.40. The van der Waals surface area contributed by atoms with Gasteiger partial charge in [0.15, 0.2) is 0 Å². The lowest BCUT2D eigenvalue weighted by Gasteiger charge is -2.05. The van der Waals surface area contributed by atoms with Crippen molar-refractivity contribution in [2.45, 2.75) is 6.42 Å². The maximum atomic E-state index is 6.12. The van der Waals surface area contributed by atoms with E-state index in [0.717, 1.165) is 30.1 Å². The zero-order chi connectivity index (χ0) is 14.2. The second-order valence-electron chi connectivity index (χ2n) is 4.50. The minimum absolute atomic E-state index is 0.678. The van der Waals surface area contributed by atoms with Gasteiger partial charge in [0.25, 0.3) is 0 Å². The predicted octanol–water partition coefficient (Wildman–Crippen LogP) is 4.84. The highest BCUT2D eigenvalue weighted by molar-refractivity contribution is 6.35. The molecular formula is C17H17Cl2N. The van der Waals surface area contributed by atoms with Crippen molar-refractivity contribution < 1.29 is 0 Å². The van der Waals surface area contributed by atoms with Crippen molar-refractivity contribution >= 4 is 29.3 Å². The van der Waals surface area contributed by atoms with E-state index in [-0.39, 0.29) is 0 Å². The van der Waals surface area contributed by atoms with E-state index in [9.17, 15) is 0 Å². The minimum atomic E-state index is 0.678. The van der Waals surface area contributed by atoms with E-state index in [1.165, 1.54) is 5.56 Å². The van der Waals surface area contributed by atoms with E-state index >= 15 is 0 Å². The molecule has 0 bridgehead atoms. The van der Waals surface area contributed by atoms with E-state index in [1.54, 1.807) is 6.07 Å². The first-order valence-electron chi connectivity index (χ1n) is 6.62. The Morgan fingerprint density at radius 3 is 2.55 bits per heavy atom. The molecule has 0 saturated carbocycles. The van der Waals surface area contributed by atoms with Gasteiger partial charge in [0, 0.05) is 16.6 Å². The molecule has 3 heteroatoms. The summed E-state index contributed by atoms with van der Waals surface area (Å²) in [4.78, 5) is 0. The Morgan fingerprint density at radius 1 is 1.00 bits per heavy atom. The Hall–Kier alpha value is -1.28. The largest absolute Gasteiger partial charge is 0.313 e. The number of halogens is 2. The second kappa shape index (κ2) is 8.11. The van der Waals surface area contributed by atoms with Crippen molar-refractivity contribution in [2.24, 2.45) is 0 Å². The van der Waals surface area contributed by atoms with Crippen LogP contribution in [0.25, 0.3) is 6.08 Å². The molecule has 104 valence electrons. The van der Waals surface area contributed by atoms with Crippen LogP contribution in [0.15, 0.2) is 54.6 Å². The summed E-state index contributed by atoms with van der Waals surface area (Å²) in [5, 5.41) is 4.78. The van der Waals surface area contributed by atoms with Gasteiger partial charge in [-0.1, -0.05) is 71.8 Å². The quantitative estimate of drug-likeness (QED) is 0.753. The first kappa shape index (κ1) is 15.1. The second-order valence-corrected chi connectivity index (χ2v) is 5.35. The summed E-state index contributed by atoms with van der Waals surface area (Å²) in [6.45, 7) is 1.74. The van der Waals surface area contributed by atoms with Gasteiger partial charge in [0.2, 0.25) is 0 Å². The van der Waals surface area contributed by atoms with Gasteiger partial charge in [-0.2, -0.15) is 0 Å². The molecule has 0 saturated heterocycles. The van der Waals surface area contributed by atoms with Gasteiger partial charge >= 0.3 is 0 Å². The minimum Gasteiger partial charge on any atom is -0.313 e. The van der Waals surface area contributed by atoms with Gasteiger partial charge in [0.05, 0.1) is 0 Å². The molecular weight excluding hydrogens is 289 g/mol. The number of hydrogen-bond acceptors (Lipinski definition) is 1. The van der Waals surface area contributed by atoms with Gasteiger partial charge < -0.3 is 5.32 Å². The Kier molecular flexibility index (Phi) is 6.13. The summed E-state index contributed by atoms with van der Waals surface area (Å²) < 4.78 is 0. The molecule has 0 aliphatic rings. The Labute approximate surface area is 130 Å². The molecule has 1 N–H and O–H groups in total. The smallest absolute Gasteiger partial charge is 0.0453 e. The van der Waals surface area contributed by atoms with Crippen LogP contribution in [0, 0.1) is 0 Å². The standard InChI is InChI=1S/C17H17Cl2N/c18-16-9-8-15(17(19)13-16)10-12-20-11-4-7-14-5-2-1-3-6-14/h1-9,13,20H,10-12H2/b7-4+. The van der Waals surface area contributed by atoms with Crippen LogP contribution in [0.1, 0.15) is 11.1 Å². The monoisotopic (exact) mass is 305 g/mol. The molecule has 0 radical (unpaired) electrons. The predicted molar refractivity (Wildman–Crippen MR) is 88.5 cm³/mol. The molecule has 2 aromatic carbocycles. The summed E-state index contributed by atoms with van der Waals surface area (Å²) in [5.41, 5.74) is 2.34. The molecule has 2 rings (SSSR count). The number of hydrogen-bond donors (Lipinski definition) is 1. The van der Waals surface area contributed by atoms with Gasteiger partial charge in [-0.25, -0.2) is 0 Å². The first-order valence-corrected chi connectivity index (χ1v) is 7.37. The van der Waals surface area contributed by atoms with Crippen LogP contribution in [0.3, 0.4) is 0 Å². The molecule has 0 spiro atoms. The van der Waals surface area contributed by atoms with Crippen LogP contribution >= 0.6 is 23.2 Å². The lowest BCUT2D eigenvalue weighted by atomic mass is 10.1. The van der Waals surface area contributed by atoms with Crippen molar-refractivity contribution in [3.05, 3.63) is 75.8 Å². The first-order chi connectivity index (χ1) is 9.75. The molecule has 0 aliphatic carbocycles. The molecule has 0 fully saturated rings. The summed E-state index contributed by atoms with van der Waals surface area (Å²) in [6.07, 6.45) is 5.14. The fourth-order valence-electron chi connectivity index (χ4n) is 1.89. The van der Waals surface area contributed by atoms with Crippen LogP contribution in [0.4, 0.5) is 0 Å². The molecule has 0 heterocycles. The maximum Gasteiger partial charge on any atom is 0.0453 e. The normalized spacial score (nSPS) is 11.1. The summed E-state index contributed by atoms with van der Waals surface area (Å²) in [7, 11) is 0. The number of nitrogens with one attached hydrogen (secondary N) is 1. The molecule has 0 aromatic heterocycles. The summed E-state index contributed by atoms with van der Waals surface area (Å²) in [5.74, 6) is 0.